The maximum atomic E-state index is 12.7. The zero-order valence-corrected chi connectivity index (χ0v) is 17.9. The highest BCUT2D eigenvalue weighted by Crippen LogP contribution is 2.33. The fourth-order valence-electron chi connectivity index (χ4n) is 2.71. The fourth-order valence-corrected chi connectivity index (χ4v) is 3.80. The number of benzene rings is 1. The minimum Gasteiger partial charge on any atom is -0.452 e. The molecule has 2 rings (SSSR count). The van der Waals surface area contributed by atoms with Gasteiger partial charge >= 0.3 is 5.97 Å². The summed E-state index contributed by atoms with van der Waals surface area (Å²) in [4.78, 5) is 39.2. The lowest BCUT2D eigenvalue weighted by atomic mass is 10.1. The third-order valence-electron chi connectivity index (χ3n) is 4.34. The summed E-state index contributed by atoms with van der Waals surface area (Å²) in [5.74, 6) is -1.22. The maximum Gasteiger partial charge on any atom is 0.341 e. The van der Waals surface area contributed by atoms with Crippen molar-refractivity contribution in [1.29, 1.82) is 0 Å². The van der Waals surface area contributed by atoms with E-state index >= 15 is 0 Å². The number of methoxy groups -OCH3 is 1. The van der Waals surface area contributed by atoms with E-state index in [2.05, 4.69) is 5.32 Å². The standard InChI is InChI=1S/C21H26N2O5S/c1-14-15(2)29-20(22-16(3)24)19(14)21(26)28-13-18(25)23(10-11-27-4)12-17-8-6-5-7-9-17/h5-9H,10-13H2,1-4H3,(H,22,24). The van der Waals surface area contributed by atoms with E-state index in [-0.39, 0.29) is 18.4 Å². The van der Waals surface area contributed by atoms with Gasteiger partial charge in [0.25, 0.3) is 5.91 Å². The zero-order valence-electron chi connectivity index (χ0n) is 17.1. The smallest absolute Gasteiger partial charge is 0.341 e. The van der Waals surface area contributed by atoms with Crippen molar-refractivity contribution < 1.29 is 23.9 Å². The molecule has 1 aromatic carbocycles. The van der Waals surface area contributed by atoms with Crippen molar-refractivity contribution in [1.82, 2.24) is 4.90 Å². The number of nitrogens with one attached hydrogen (secondary N) is 1. The Kier molecular flexibility index (Phi) is 8.35. The number of aryl methyl sites for hydroxylation is 1. The Morgan fingerprint density at radius 2 is 1.83 bits per heavy atom. The Morgan fingerprint density at radius 3 is 2.45 bits per heavy atom. The first-order valence-corrected chi connectivity index (χ1v) is 10.0. The average molecular weight is 419 g/mol. The second kappa shape index (κ2) is 10.7. The van der Waals surface area contributed by atoms with Crippen LogP contribution in [0.5, 0.6) is 0 Å². The van der Waals surface area contributed by atoms with Crippen LogP contribution in [0.3, 0.4) is 0 Å². The summed E-state index contributed by atoms with van der Waals surface area (Å²) in [6.07, 6.45) is 0. The Balaban J connectivity index is 2.07. The van der Waals surface area contributed by atoms with Crippen LogP contribution in [0.1, 0.15) is 33.3 Å². The molecule has 0 atom stereocenters. The summed E-state index contributed by atoms with van der Waals surface area (Å²) in [5, 5.41) is 3.09. The molecule has 0 bridgehead atoms. The molecule has 1 heterocycles. The van der Waals surface area contributed by atoms with Gasteiger partial charge in [0.15, 0.2) is 6.61 Å². The second-order valence-electron chi connectivity index (χ2n) is 6.54. The number of esters is 1. The number of amides is 2. The summed E-state index contributed by atoms with van der Waals surface area (Å²) < 4.78 is 10.4. The highest BCUT2D eigenvalue weighted by Gasteiger charge is 2.23. The van der Waals surface area contributed by atoms with Crippen LogP contribution in [0, 0.1) is 13.8 Å². The van der Waals surface area contributed by atoms with E-state index in [1.165, 1.54) is 18.3 Å². The van der Waals surface area contributed by atoms with Gasteiger partial charge in [-0.2, -0.15) is 0 Å². The molecule has 156 valence electrons. The highest BCUT2D eigenvalue weighted by molar-refractivity contribution is 7.16. The van der Waals surface area contributed by atoms with Crippen molar-refractivity contribution in [2.24, 2.45) is 0 Å². The van der Waals surface area contributed by atoms with Gasteiger partial charge in [-0.15, -0.1) is 11.3 Å². The van der Waals surface area contributed by atoms with Gasteiger partial charge in [0.1, 0.15) is 5.00 Å². The van der Waals surface area contributed by atoms with Gasteiger partial charge in [0.2, 0.25) is 5.91 Å². The van der Waals surface area contributed by atoms with Gasteiger partial charge in [-0.1, -0.05) is 30.3 Å². The molecule has 0 aliphatic heterocycles. The van der Waals surface area contributed by atoms with Crippen LogP contribution < -0.4 is 5.32 Å². The van der Waals surface area contributed by atoms with Crippen LogP contribution in [0.2, 0.25) is 0 Å². The molecule has 0 saturated carbocycles. The summed E-state index contributed by atoms with van der Waals surface area (Å²) in [6.45, 7) is 5.80. The van der Waals surface area contributed by atoms with Crippen molar-refractivity contribution >= 4 is 34.1 Å². The summed E-state index contributed by atoms with van der Waals surface area (Å²) in [5.41, 5.74) is 2.00. The lowest BCUT2D eigenvalue weighted by Crippen LogP contribution is -2.36. The maximum absolute atomic E-state index is 12.7. The van der Waals surface area contributed by atoms with Gasteiger partial charge in [-0.05, 0) is 25.0 Å². The van der Waals surface area contributed by atoms with Gasteiger partial charge in [0, 0.05) is 32.0 Å². The van der Waals surface area contributed by atoms with Gasteiger partial charge in [-0.25, -0.2) is 4.79 Å². The predicted octanol–water partition coefficient (Wildman–Crippen LogP) is 3.16. The molecule has 1 N–H and O–H groups in total. The molecule has 2 aromatic rings. The van der Waals surface area contributed by atoms with Crippen LogP contribution in [-0.2, 0) is 25.6 Å². The van der Waals surface area contributed by atoms with Crippen molar-refractivity contribution in [2.45, 2.75) is 27.3 Å². The Morgan fingerprint density at radius 1 is 1.14 bits per heavy atom. The summed E-state index contributed by atoms with van der Waals surface area (Å²) >= 11 is 1.31. The molecule has 1 aromatic heterocycles. The van der Waals surface area contributed by atoms with E-state index < -0.39 is 5.97 Å². The van der Waals surface area contributed by atoms with E-state index in [9.17, 15) is 14.4 Å². The molecule has 0 spiro atoms. The van der Waals surface area contributed by atoms with Crippen molar-refractivity contribution in [2.75, 3.05) is 32.2 Å². The lowest BCUT2D eigenvalue weighted by molar-refractivity contribution is -0.135. The van der Waals surface area contributed by atoms with Gasteiger partial charge < -0.3 is 19.7 Å². The van der Waals surface area contributed by atoms with Crippen LogP contribution in [0.25, 0.3) is 0 Å². The van der Waals surface area contributed by atoms with Crippen molar-refractivity contribution in [3.05, 3.63) is 51.9 Å². The molecule has 0 aliphatic rings. The number of carbonyl (C=O) groups is 3. The minimum absolute atomic E-state index is 0.273. The SMILES string of the molecule is COCCN(Cc1ccccc1)C(=O)COC(=O)c1c(NC(C)=O)sc(C)c1C. The van der Waals surface area contributed by atoms with E-state index in [4.69, 9.17) is 9.47 Å². The van der Waals surface area contributed by atoms with Crippen molar-refractivity contribution in [3.8, 4) is 0 Å². The quantitative estimate of drug-likeness (QED) is 0.633. The van der Waals surface area contributed by atoms with Gasteiger partial charge in [0.05, 0.1) is 12.2 Å². The number of rotatable bonds is 9. The number of thiophene rings is 1. The van der Waals surface area contributed by atoms with Gasteiger partial charge in [-0.3, -0.25) is 9.59 Å². The first-order valence-electron chi connectivity index (χ1n) is 9.18. The molecule has 0 radical (unpaired) electrons. The summed E-state index contributed by atoms with van der Waals surface area (Å²) in [7, 11) is 1.57. The van der Waals surface area contributed by atoms with Crippen LogP contribution >= 0.6 is 11.3 Å². The lowest BCUT2D eigenvalue weighted by Gasteiger charge is -2.22. The Hall–Kier alpha value is -2.71. The average Bonchev–Trinajstić information content (AvgIpc) is 2.96. The normalized spacial score (nSPS) is 10.5. The topological polar surface area (TPSA) is 84.9 Å². The molecule has 7 nitrogen and oxygen atoms in total. The van der Waals surface area contributed by atoms with Crippen LogP contribution in [-0.4, -0.2) is 49.6 Å². The molecule has 0 saturated heterocycles. The number of nitrogens with zero attached hydrogens (tertiary/aromatic N) is 1. The number of ether oxygens (including phenoxy) is 2. The van der Waals surface area contributed by atoms with Crippen LogP contribution in [0.4, 0.5) is 5.00 Å². The third-order valence-corrected chi connectivity index (χ3v) is 5.46. The number of hydrogen-bond acceptors (Lipinski definition) is 6. The fraction of sp³-hybridized carbons (Fsp3) is 0.381. The van der Waals surface area contributed by atoms with E-state index in [0.717, 1.165) is 16.0 Å². The number of anilines is 1. The molecule has 8 heteroatoms. The van der Waals surface area contributed by atoms with E-state index in [0.29, 0.717) is 30.3 Å². The Labute approximate surface area is 174 Å². The first kappa shape index (κ1) is 22.6. The molecule has 0 unspecified atom stereocenters. The zero-order chi connectivity index (χ0) is 21.4. The number of carbonyl (C=O) groups excluding carboxylic acids is 3. The molecule has 2 amide bonds. The van der Waals surface area contributed by atoms with Crippen molar-refractivity contribution in [3.63, 3.8) is 0 Å². The third kappa shape index (κ3) is 6.40. The van der Waals surface area contributed by atoms with Crippen LogP contribution in [0.15, 0.2) is 30.3 Å². The minimum atomic E-state index is -0.629. The Bertz CT molecular complexity index is 863. The predicted molar refractivity (Wildman–Crippen MR) is 112 cm³/mol. The summed E-state index contributed by atoms with van der Waals surface area (Å²) in [6, 6.07) is 9.57. The second-order valence-corrected chi connectivity index (χ2v) is 7.76. The molecule has 29 heavy (non-hydrogen) atoms. The van der Waals surface area contributed by atoms with E-state index in [1.54, 1.807) is 18.9 Å². The highest BCUT2D eigenvalue weighted by atomic mass is 32.1. The largest absolute Gasteiger partial charge is 0.452 e. The first-order chi connectivity index (χ1) is 13.8. The number of hydrogen-bond donors (Lipinski definition) is 1. The van der Waals surface area contributed by atoms with E-state index in [1.807, 2.05) is 37.3 Å². The molecular formula is C21H26N2O5S. The molecular weight excluding hydrogens is 392 g/mol. The molecule has 0 fully saturated rings. The molecule has 0 aliphatic carbocycles. The monoisotopic (exact) mass is 418 g/mol.